The lowest BCUT2D eigenvalue weighted by atomic mass is 10.1. The van der Waals surface area contributed by atoms with Gasteiger partial charge in [-0.15, -0.1) is 0 Å². The molecule has 2 aromatic carbocycles. The highest BCUT2D eigenvalue weighted by Gasteiger charge is 2.10. The van der Waals surface area contributed by atoms with Crippen LogP contribution in [0.2, 0.25) is 10.0 Å². The van der Waals surface area contributed by atoms with Crippen LogP contribution < -0.4 is 4.74 Å². The van der Waals surface area contributed by atoms with Crippen molar-refractivity contribution in [2.45, 2.75) is 19.6 Å². The smallest absolute Gasteiger partial charge is 0.148 e. The standard InChI is InChI=1S/C15H13Cl2FO2/c1-9(19)10-5-6-14(13(17)7-10)20-8-11-3-2-4-12(16)15(11)18/h2-7,9,19H,8H2,1H3. The molecule has 20 heavy (non-hydrogen) atoms. The summed E-state index contributed by atoms with van der Waals surface area (Å²) in [6.45, 7) is 1.67. The normalized spacial score (nSPS) is 12.2. The van der Waals surface area contributed by atoms with Gasteiger partial charge in [0.05, 0.1) is 16.1 Å². The minimum absolute atomic E-state index is 0.0279. The van der Waals surface area contributed by atoms with Crippen LogP contribution in [0.4, 0.5) is 4.39 Å². The molecule has 0 saturated heterocycles. The van der Waals surface area contributed by atoms with Gasteiger partial charge in [-0.25, -0.2) is 4.39 Å². The van der Waals surface area contributed by atoms with Crippen molar-refractivity contribution in [2.24, 2.45) is 0 Å². The third-order valence-electron chi connectivity index (χ3n) is 2.85. The minimum Gasteiger partial charge on any atom is -0.487 e. The van der Waals surface area contributed by atoms with Crippen LogP contribution in [0.5, 0.6) is 5.75 Å². The Kier molecular flexibility index (Phi) is 4.86. The molecule has 1 atom stereocenters. The maximum Gasteiger partial charge on any atom is 0.148 e. The molecule has 2 rings (SSSR count). The van der Waals surface area contributed by atoms with Gasteiger partial charge in [-0.2, -0.15) is 0 Å². The second-order valence-corrected chi connectivity index (χ2v) is 5.18. The number of hydrogen-bond donors (Lipinski definition) is 1. The Bertz CT molecular complexity index is 615. The molecule has 2 aromatic rings. The van der Waals surface area contributed by atoms with Crippen molar-refractivity contribution in [3.8, 4) is 5.75 Å². The Morgan fingerprint density at radius 1 is 1.20 bits per heavy atom. The highest BCUT2D eigenvalue weighted by atomic mass is 35.5. The second kappa shape index (κ2) is 6.44. The Hall–Kier alpha value is -1.29. The lowest BCUT2D eigenvalue weighted by Crippen LogP contribution is -2.00. The molecule has 2 nitrogen and oxygen atoms in total. The summed E-state index contributed by atoms with van der Waals surface area (Å²) in [5.41, 5.74) is 1.05. The van der Waals surface area contributed by atoms with Crippen molar-refractivity contribution in [1.82, 2.24) is 0 Å². The number of ether oxygens (including phenoxy) is 1. The SMILES string of the molecule is CC(O)c1ccc(OCc2cccc(Cl)c2F)c(Cl)c1. The van der Waals surface area contributed by atoms with E-state index in [-0.39, 0.29) is 11.6 Å². The van der Waals surface area contributed by atoms with E-state index in [1.807, 2.05) is 0 Å². The van der Waals surface area contributed by atoms with E-state index in [2.05, 4.69) is 0 Å². The van der Waals surface area contributed by atoms with E-state index >= 15 is 0 Å². The number of benzene rings is 2. The molecule has 0 saturated carbocycles. The van der Waals surface area contributed by atoms with E-state index < -0.39 is 11.9 Å². The van der Waals surface area contributed by atoms with Gasteiger partial charge in [0.2, 0.25) is 0 Å². The zero-order valence-electron chi connectivity index (χ0n) is 10.7. The minimum atomic E-state index is -0.605. The topological polar surface area (TPSA) is 29.5 Å². The molecule has 0 heterocycles. The van der Waals surface area contributed by atoms with Gasteiger partial charge in [-0.1, -0.05) is 41.4 Å². The molecule has 0 amide bonds. The molecule has 0 aliphatic carbocycles. The van der Waals surface area contributed by atoms with Crippen LogP contribution in [-0.4, -0.2) is 5.11 Å². The summed E-state index contributed by atoms with van der Waals surface area (Å²) >= 11 is 11.8. The molecule has 0 radical (unpaired) electrons. The van der Waals surface area contributed by atoms with Crippen molar-refractivity contribution in [1.29, 1.82) is 0 Å². The molecule has 0 fully saturated rings. The van der Waals surface area contributed by atoms with Crippen molar-refractivity contribution >= 4 is 23.2 Å². The van der Waals surface area contributed by atoms with E-state index in [4.69, 9.17) is 27.9 Å². The lowest BCUT2D eigenvalue weighted by Gasteiger charge is -2.11. The summed E-state index contributed by atoms with van der Waals surface area (Å²) in [6.07, 6.45) is -0.605. The van der Waals surface area contributed by atoms with Crippen LogP contribution in [-0.2, 0) is 6.61 Å². The molecule has 1 unspecified atom stereocenters. The van der Waals surface area contributed by atoms with Crippen LogP contribution in [0, 0.1) is 5.82 Å². The maximum absolute atomic E-state index is 13.7. The van der Waals surface area contributed by atoms with Gasteiger partial charge < -0.3 is 9.84 Å². The van der Waals surface area contributed by atoms with E-state index in [0.717, 1.165) is 0 Å². The van der Waals surface area contributed by atoms with Gasteiger partial charge in [0.15, 0.2) is 0 Å². The van der Waals surface area contributed by atoms with Gasteiger partial charge in [-0.3, -0.25) is 0 Å². The van der Waals surface area contributed by atoms with Gasteiger partial charge in [-0.05, 0) is 30.7 Å². The fourth-order valence-electron chi connectivity index (χ4n) is 1.71. The molecule has 106 valence electrons. The first kappa shape index (κ1) is 15.1. The zero-order chi connectivity index (χ0) is 14.7. The molecular formula is C15H13Cl2FO2. The van der Waals surface area contributed by atoms with Crippen LogP contribution in [0.1, 0.15) is 24.2 Å². The summed E-state index contributed by atoms with van der Waals surface area (Å²) in [4.78, 5) is 0. The number of hydrogen-bond acceptors (Lipinski definition) is 2. The van der Waals surface area contributed by atoms with Gasteiger partial charge in [0.1, 0.15) is 18.2 Å². The predicted octanol–water partition coefficient (Wildman–Crippen LogP) is 4.76. The van der Waals surface area contributed by atoms with E-state index in [9.17, 15) is 9.50 Å². The van der Waals surface area contributed by atoms with E-state index in [1.54, 1.807) is 37.3 Å². The monoisotopic (exact) mass is 314 g/mol. The lowest BCUT2D eigenvalue weighted by molar-refractivity contribution is 0.199. The average molecular weight is 315 g/mol. The molecule has 1 N–H and O–H groups in total. The van der Waals surface area contributed by atoms with Gasteiger partial charge in [0.25, 0.3) is 0 Å². The van der Waals surface area contributed by atoms with Crippen LogP contribution in [0.3, 0.4) is 0 Å². The Morgan fingerprint density at radius 3 is 2.60 bits per heavy atom. The van der Waals surface area contributed by atoms with Crippen molar-refractivity contribution in [3.63, 3.8) is 0 Å². The molecule has 0 aromatic heterocycles. The molecular weight excluding hydrogens is 302 g/mol. The third-order valence-corrected chi connectivity index (χ3v) is 3.44. The highest BCUT2D eigenvalue weighted by molar-refractivity contribution is 6.32. The Morgan fingerprint density at radius 2 is 1.95 bits per heavy atom. The van der Waals surface area contributed by atoms with E-state index in [1.165, 1.54) is 6.07 Å². The summed E-state index contributed by atoms with van der Waals surface area (Å²) in [7, 11) is 0. The molecule has 5 heteroatoms. The largest absolute Gasteiger partial charge is 0.487 e. The summed E-state index contributed by atoms with van der Waals surface area (Å²) in [6, 6.07) is 9.70. The van der Waals surface area contributed by atoms with Crippen molar-refractivity contribution in [3.05, 3.63) is 63.4 Å². The van der Waals surface area contributed by atoms with Crippen molar-refractivity contribution < 1.29 is 14.2 Å². The van der Waals surface area contributed by atoms with Crippen LogP contribution in [0.15, 0.2) is 36.4 Å². The molecule has 0 aliphatic heterocycles. The number of halogens is 3. The third kappa shape index (κ3) is 3.42. The number of rotatable bonds is 4. The summed E-state index contributed by atoms with van der Waals surface area (Å²) in [5, 5.41) is 9.87. The number of aliphatic hydroxyl groups excluding tert-OH is 1. The van der Waals surface area contributed by atoms with E-state index in [0.29, 0.717) is 21.9 Å². The molecule has 0 aliphatic rings. The van der Waals surface area contributed by atoms with Crippen LogP contribution in [0.25, 0.3) is 0 Å². The first-order valence-electron chi connectivity index (χ1n) is 6.02. The highest BCUT2D eigenvalue weighted by Crippen LogP contribution is 2.29. The van der Waals surface area contributed by atoms with Gasteiger partial charge in [0, 0.05) is 5.56 Å². The predicted molar refractivity (Wildman–Crippen MR) is 77.8 cm³/mol. The summed E-state index contributed by atoms with van der Waals surface area (Å²) in [5.74, 6) is -0.0682. The first-order chi connectivity index (χ1) is 9.49. The molecule has 0 bridgehead atoms. The van der Waals surface area contributed by atoms with Crippen molar-refractivity contribution in [2.75, 3.05) is 0 Å². The average Bonchev–Trinajstić information content (AvgIpc) is 2.41. The quantitative estimate of drug-likeness (QED) is 0.881. The first-order valence-corrected chi connectivity index (χ1v) is 6.78. The Balaban J connectivity index is 2.13. The fraction of sp³-hybridized carbons (Fsp3) is 0.200. The zero-order valence-corrected chi connectivity index (χ0v) is 12.2. The Labute approximate surface area is 126 Å². The molecule has 0 spiro atoms. The van der Waals surface area contributed by atoms with Crippen LogP contribution >= 0.6 is 23.2 Å². The fourth-order valence-corrected chi connectivity index (χ4v) is 2.15. The summed E-state index contributed by atoms with van der Waals surface area (Å²) < 4.78 is 19.2. The van der Waals surface area contributed by atoms with Gasteiger partial charge >= 0.3 is 0 Å². The number of aliphatic hydroxyl groups is 1. The maximum atomic E-state index is 13.7. The second-order valence-electron chi connectivity index (χ2n) is 4.37.